The molecule has 150 valence electrons. The van der Waals surface area contributed by atoms with Crippen molar-refractivity contribution in [3.8, 4) is 0 Å². The van der Waals surface area contributed by atoms with Gasteiger partial charge in [-0.2, -0.15) is 0 Å². The topological polar surface area (TPSA) is 60.9 Å². The van der Waals surface area contributed by atoms with Crippen molar-refractivity contribution in [1.82, 2.24) is 9.80 Å². The lowest BCUT2D eigenvalue weighted by atomic mass is 10.0. The van der Waals surface area contributed by atoms with Gasteiger partial charge < -0.3 is 14.4 Å². The quantitative estimate of drug-likeness (QED) is 0.639. The summed E-state index contributed by atoms with van der Waals surface area (Å²) in [7, 11) is 0. The van der Waals surface area contributed by atoms with Crippen molar-refractivity contribution in [2.24, 2.45) is 0 Å². The molecule has 5 nitrogen and oxygen atoms in total. The molecule has 0 saturated carbocycles. The van der Waals surface area contributed by atoms with Crippen LogP contribution in [-0.4, -0.2) is 42.4 Å². The Labute approximate surface area is 169 Å². The van der Waals surface area contributed by atoms with Crippen LogP contribution in [0.25, 0.3) is 0 Å². The summed E-state index contributed by atoms with van der Waals surface area (Å²) in [6.07, 6.45) is 2.84. The molecular formula is C22H28N2O3S. The number of nitrogens with zero attached hydrogens (tertiary/aromatic N) is 2. The van der Waals surface area contributed by atoms with Crippen LogP contribution in [0.2, 0.25) is 0 Å². The van der Waals surface area contributed by atoms with E-state index in [2.05, 4.69) is 6.92 Å². The van der Waals surface area contributed by atoms with Gasteiger partial charge in [-0.15, -0.1) is 0 Å². The van der Waals surface area contributed by atoms with E-state index in [9.17, 15) is 13.6 Å². The average molecular weight is 401 g/mol. The molecule has 1 fully saturated rings. The first-order valence-electron chi connectivity index (χ1n) is 9.82. The van der Waals surface area contributed by atoms with Gasteiger partial charge in [-0.3, -0.25) is 0 Å². The molecule has 1 heterocycles. The molecule has 1 N–H and O–H groups in total. The molecule has 0 aromatic heterocycles. The van der Waals surface area contributed by atoms with Gasteiger partial charge in [0.1, 0.15) is 0 Å². The smallest absolute Gasteiger partial charge is 0.315 e. The maximum Gasteiger partial charge on any atom is 0.321 e. The summed E-state index contributed by atoms with van der Waals surface area (Å²) >= 11 is -1.96. The molecule has 0 bridgehead atoms. The highest BCUT2D eigenvalue weighted by Gasteiger charge is 2.45. The van der Waals surface area contributed by atoms with Crippen LogP contribution in [0.5, 0.6) is 0 Å². The molecule has 6 heteroatoms. The van der Waals surface area contributed by atoms with Crippen molar-refractivity contribution < 1.29 is 13.6 Å². The van der Waals surface area contributed by atoms with E-state index in [0.29, 0.717) is 13.1 Å². The van der Waals surface area contributed by atoms with Crippen LogP contribution in [-0.2, 0) is 24.2 Å². The number of carbonyl (C=O) groups excluding carboxylic acids is 1. The zero-order chi connectivity index (χ0) is 19.9. The second-order valence-corrected chi connectivity index (χ2v) is 8.25. The van der Waals surface area contributed by atoms with Gasteiger partial charge in [0.05, 0.1) is 17.8 Å². The van der Waals surface area contributed by atoms with Crippen LogP contribution in [0.15, 0.2) is 60.7 Å². The number of benzene rings is 2. The molecule has 2 aromatic carbocycles. The first kappa shape index (κ1) is 20.6. The summed E-state index contributed by atoms with van der Waals surface area (Å²) in [5, 5.41) is 0. The molecule has 0 aliphatic carbocycles. The number of urea groups is 1. The molecule has 3 rings (SSSR count). The molecule has 2 amide bonds. The molecular weight excluding hydrogens is 372 g/mol. The van der Waals surface area contributed by atoms with E-state index in [4.69, 9.17) is 0 Å². The van der Waals surface area contributed by atoms with E-state index in [1.54, 1.807) is 4.90 Å². The van der Waals surface area contributed by atoms with Crippen molar-refractivity contribution in [2.45, 2.75) is 51.4 Å². The molecule has 0 radical (unpaired) electrons. The Balaban J connectivity index is 1.90. The van der Waals surface area contributed by atoms with Gasteiger partial charge in [-0.05, 0) is 17.5 Å². The van der Waals surface area contributed by atoms with E-state index in [1.807, 2.05) is 65.6 Å². The van der Waals surface area contributed by atoms with Crippen LogP contribution in [0, 0.1) is 0 Å². The monoisotopic (exact) mass is 400 g/mol. The van der Waals surface area contributed by atoms with Crippen molar-refractivity contribution in [3.05, 3.63) is 71.8 Å². The molecule has 0 spiro atoms. The van der Waals surface area contributed by atoms with Gasteiger partial charge in [0.2, 0.25) is 0 Å². The normalized spacial score (nSPS) is 20.6. The second kappa shape index (κ2) is 9.85. The molecule has 1 unspecified atom stereocenters. The number of carbonyl (C=O) groups is 1. The minimum absolute atomic E-state index is 0.0516. The molecule has 1 aliphatic rings. The molecule has 1 aliphatic heterocycles. The Morgan fingerprint density at radius 3 is 1.86 bits per heavy atom. The summed E-state index contributed by atoms with van der Waals surface area (Å²) in [5.74, 6) is 0.0816. The zero-order valence-electron chi connectivity index (χ0n) is 16.2. The summed E-state index contributed by atoms with van der Waals surface area (Å²) < 4.78 is 21.3. The summed E-state index contributed by atoms with van der Waals surface area (Å²) in [6.45, 7) is 3.10. The Kier molecular flexibility index (Phi) is 7.23. The van der Waals surface area contributed by atoms with E-state index in [-0.39, 0.29) is 23.9 Å². The highest BCUT2D eigenvalue weighted by molar-refractivity contribution is 7.79. The van der Waals surface area contributed by atoms with Crippen LogP contribution < -0.4 is 0 Å². The van der Waals surface area contributed by atoms with Crippen LogP contribution in [0.3, 0.4) is 0 Å². The SMILES string of the molecule is CCCC[C@H]1[C@H](CS(=O)O)N(Cc2ccccc2)C(=O)N1Cc1ccccc1. The van der Waals surface area contributed by atoms with E-state index in [0.717, 1.165) is 30.4 Å². The van der Waals surface area contributed by atoms with E-state index >= 15 is 0 Å². The fraction of sp³-hybridized carbons (Fsp3) is 0.409. The Morgan fingerprint density at radius 2 is 1.39 bits per heavy atom. The molecule has 1 saturated heterocycles. The maximum atomic E-state index is 13.4. The lowest BCUT2D eigenvalue weighted by molar-refractivity contribution is 0.180. The molecule has 3 atom stereocenters. The lowest BCUT2D eigenvalue weighted by Gasteiger charge is -2.27. The van der Waals surface area contributed by atoms with Crippen molar-refractivity contribution in [3.63, 3.8) is 0 Å². The highest BCUT2D eigenvalue weighted by Crippen LogP contribution is 2.30. The third-order valence-electron chi connectivity index (χ3n) is 5.29. The Bertz CT molecular complexity index is 785. The number of rotatable bonds is 9. The number of unbranched alkanes of at least 4 members (excludes halogenated alkanes) is 1. The second-order valence-electron chi connectivity index (χ2n) is 7.27. The van der Waals surface area contributed by atoms with Gasteiger partial charge in [0, 0.05) is 13.1 Å². The Hall–Kier alpha value is -2.18. The summed E-state index contributed by atoms with van der Waals surface area (Å²) in [6, 6.07) is 19.4. The van der Waals surface area contributed by atoms with Crippen molar-refractivity contribution in [2.75, 3.05) is 5.75 Å². The first-order valence-corrected chi connectivity index (χ1v) is 11.1. The van der Waals surface area contributed by atoms with Gasteiger partial charge in [0.15, 0.2) is 11.1 Å². The summed E-state index contributed by atoms with van der Waals surface area (Å²) in [5.41, 5.74) is 2.10. The van der Waals surface area contributed by atoms with E-state index in [1.165, 1.54) is 0 Å². The zero-order valence-corrected chi connectivity index (χ0v) is 17.1. The standard InChI is InChI=1S/C22H28N2O3S/c1-2-3-14-20-21(17-28(26)27)24(16-19-12-8-5-9-13-19)22(25)23(20)15-18-10-6-4-7-11-18/h4-13,20-21H,2-3,14-17H2,1H3,(H,26,27)/t20-,21-/m0/s1. The predicted octanol–water partition coefficient (Wildman–Crippen LogP) is 4.27. The lowest BCUT2D eigenvalue weighted by Crippen LogP contribution is -2.41. The average Bonchev–Trinajstić information content (AvgIpc) is 2.92. The fourth-order valence-corrected chi connectivity index (χ4v) is 4.60. The minimum atomic E-state index is -1.96. The largest absolute Gasteiger partial charge is 0.321 e. The first-order chi connectivity index (χ1) is 13.6. The third-order valence-corrected chi connectivity index (χ3v) is 5.92. The van der Waals surface area contributed by atoms with Crippen LogP contribution in [0.1, 0.15) is 37.3 Å². The minimum Gasteiger partial charge on any atom is -0.315 e. The van der Waals surface area contributed by atoms with Crippen LogP contribution >= 0.6 is 0 Å². The summed E-state index contributed by atoms with van der Waals surface area (Å²) in [4.78, 5) is 17.0. The number of hydrogen-bond acceptors (Lipinski definition) is 2. The number of amides is 2. The number of hydrogen-bond donors (Lipinski definition) is 1. The van der Waals surface area contributed by atoms with Gasteiger partial charge in [-0.25, -0.2) is 9.00 Å². The highest BCUT2D eigenvalue weighted by atomic mass is 32.2. The Morgan fingerprint density at radius 1 is 0.893 bits per heavy atom. The molecule has 28 heavy (non-hydrogen) atoms. The van der Waals surface area contributed by atoms with Gasteiger partial charge in [0.25, 0.3) is 0 Å². The van der Waals surface area contributed by atoms with Crippen molar-refractivity contribution in [1.29, 1.82) is 0 Å². The third kappa shape index (κ3) is 5.00. The van der Waals surface area contributed by atoms with Crippen molar-refractivity contribution >= 4 is 17.1 Å². The maximum absolute atomic E-state index is 13.4. The van der Waals surface area contributed by atoms with Gasteiger partial charge >= 0.3 is 6.03 Å². The van der Waals surface area contributed by atoms with Crippen LogP contribution in [0.4, 0.5) is 4.79 Å². The fourth-order valence-electron chi connectivity index (χ4n) is 3.90. The van der Waals surface area contributed by atoms with Gasteiger partial charge in [-0.1, -0.05) is 80.4 Å². The van der Waals surface area contributed by atoms with E-state index < -0.39 is 11.1 Å². The predicted molar refractivity (Wildman–Crippen MR) is 112 cm³/mol. The molecule has 2 aromatic rings.